The van der Waals surface area contributed by atoms with Crippen molar-refractivity contribution in [2.45, 2.75) is 38.2 Å². The van der Waals surface area contributed by atoms with E-state index in [1.165, 1.54) is 0 Å². The predicted octanol–water partition coefficient (Wildman–Crippen LogP) is 3.10. The number of carbonyl (C=O) groups excluding carboxylic acids is 1. The van der Waals surface area contributed by atoms with Crippen LogP contribution < -0.4 is 5.32 Å². The fourth-order valence-electron chi connectivity index (χ4n) is 4.54. The van der Waals surface area contributed by atoms with Crippen LogP contribution in [-0.2, 0) is 9.53 Å². The maximum Gasteiger partial charge on any atom is 0.252 e. The molecule has 1 amide bonds. The first-order valence-electron chi connectivity index (χ1n) is 8.79. The summed E-state index contributed by atoms with van der Waals surface area (Å²) >= 11 is 0. The lowest BCUT2D eigenvalue weighted by Gasteiger charge is -2.45. The van der Waals surface area contributed by atoms with Gasteiger partial charge in [-0.25, -0.2) is 0 Å². The van der Waals surface area contributed by atoms with Crippen LogP contribution in [0.5, 0.6) is 0 Å². The summed E-state index contributed by atoms with van der Waals surface area (Å²) in [6, 6.07) is 13.4. The van der Waals surface area contributed by atoms with Crippen LogP contribution in [0.3, 0.4) is 0 Å². The van der Waals surface area contributed by atoms with Crippen LogP contribution in [0.4, 0.5) is 0 Å². The van der Waals surface area contributed by atoms with Crippen molar-refractivity contribution in [1.82, 2.24) is 5.32 Å². The van der Waals surface area contributed by atoms with Crippen LogP contribution in [0.25, 0.3) is 0 Å². The zero-order valence-corrected chi connectivity index (χ0v) is 14.2. The summed E-state index contributed by atoms with van der Waals surface area (Å²) in [6.45, 7) is 0. The molecule has 6 nitrogen and oxygen atoms in total. The van der Waals surface area contributed by atoms with Crippen LogP contribution in [0, 0.1) is 38.9 Å². The topological polar surface area (TPSA) is 110 Å². The Morgan fingerprint density at radius 1 is 1.12 bits per heavy atom. The van der Waals surface area contributed by atoms with E-state index in [-0.39, 0.29) is 5.84 Å². The molecule has 26 heavy (non-hydrogen) atoms. The van der Waals surface area contributed by atoms with Gasteiger partial charge in [0.1, 0.15) is 5.84 Å². The van der Waals surface area contributed by atoms with E-state index in [1.54, 1.807) is 0 Å². The Balaban J connectivity index is 2.05. The van der Waals surface area contributed by atoms with Crippen molar-refractivity contribution in [1.29, 1.82) is 15.9 Å². The van der Waals surface area contributed by atoms with Crippen LogP contribution in [0.2, 0.25) is 0 Å². The minimum Gasteiger partial charge on any atom is -0.488 e. The van der Waals surface area contributed by atoms with Gasteiger partial charge in [0.2, 0.25) is 0 Å². The Morgan fingerprint density at radius 2 is 1.85 bits per heavy atom. The highest BCUT2D eigenvalue weighted by molar-refractivity contribution is 6.16. The number of nitrogens with zero attached hydrogens (tertiary/aromatic N) is 2. The Bertz CT molecular complexity index is 908. The van der Waals surface area contributed by atoms with Gasteiger partial charge in [-0.2, -0.15) is 10.5 Å². The molecule has 1 fully saturated rings. The second kappa shape index (κ2) is 5.71. The van der Waals surface area contributed by atoms with Gasteiger partial charge in [0, 0.05) is 6.42 Å². The second-order valence-corrected chi connectivity index (χ2v) is 6.98. The normalized spacial score (nSPS) is 33.1. The molecule has 0 bridgehead atoms. The molecule has 1 aromatic rings. The lowest BCUT2D eigenvalue weighted by Crippen LogP contribution is -2.52. The molecule has 4 rings (SSSR count). The second-order valence-electron chi connectivity index (χ2n) is 6.98. The van der Waals surface area contributed by atoms with E-state index in [1.807, 2.05) is 30.3 Å². The summed E-state index contributed by atoms with van der Waals surface area (Å²) in [7, 11) is 0. The summed E-state index contributed by atoms with van der Waals surface area (Å²) in [5.74, 6) is -0.185. The molecule has 0 aromatic heterocycles. The molecule has 0 spiro atoms. The number of nitrogens with one attached hydrogen (secondary N) is 2. The fraction of sp³-hybridized carbons (Fsp3) is 0.400. The van der Waals surface area contributed by atoms with E-state index in [2.05, 4.69) is 17.5 Å². The van der Waals surface area contributed by atoms with E-state index in [4.69, 9.17) is 10.1 Å². The summed E-state index contributed by atoms with van der Waals surface area (Å²) in [4.78, 5) is 13.0. The first kappa shape index (κ1) is 16.4. The highest BCUT2D eigenvalue weighted by Crippen LogP contribution is 2.62. The number of benzene rings is 1. The van der Waals surface area contributed by atoms with Crippen molar-refractivity contribution in [3.63, 3.8) is 0 Å². The Kier molecular flexibility index (Phi) is 3.59. The summed E-state index contributed by atoms with van der Waals surface area (Å²) in [5, 5.41) is 31.3. The fourth-order valence-corrected chi connectivity index (χ4v) is 4.54. The van der Waals surface area contributed by atoms with E-state index in [9.17, 15) is 15.3 Å². The summed E-state index contributed by atoms with van der Waals surface area (Å²) in [5.41, 5.74) is -2.14. The van der Waals surface area contributed by atoms with Gasteiger partial charge in [0.15, 0.2) is 16.9 Å². The number of fused-ring (bicyclic) bond motifs is 2. The quantitative estimate of drug-likeness (QED) is 0.814. The maximum absolute atomic E-state index is 13.0. The zero-order valence-electron chi connectivity index (χ0n) is 14.2. The Labute approximate surface area is 151 Å². The van der Waals surface area contributed by atoms with Crippen LogP contribution in [0.1, 0.15) is 43.8 Å². The van der Waals surface area contributed by atoms with Crippen molar-refractivity contribution in [2.75, 3.05) is 0 Å². The number of nitriles is 2. The first-order valence-corrected chi connectivity index (χ1v) is 8.79. The summed E-state index contributed by atoms with van der Waals surface area (Å²) < 4.78 is 6.28. The molecule has 130 valence electrons. The predicted molar refractivity (Wildman–Crippen MR) is 92.3 cm³/mol. The lowest BCUT2D eigenvalue weighted by atomic mass is 9.56. The smallest absolute Gasteiger partial charge is 0.252 e. The van der Waals surface area contributed by atoms with E-state index in [0.29, 0.717) is 29.7 Å². The van der Waals surface area contributed by atoms with Crippen LogP contribution in [-0.4, -0.2) is 11.7 Å². The molecule has 3 atom stereocenters. The number of allylic oxidation sites excluding steroid dienone is 1. The Hall–Kier alpha value is -3.12. The SMILES string of the molecule is N#CC12C(=O)NC(=N)C1(C#N)C(c1ccccc1)OC1=C2CCCCC1. The molecular formula is C20H18N4O2. The van der Waals surface area contributed by atoms with Crippen molar-refractivity contribution in [3.8, 4) is 12.1 Å². The van der Waals surface area contributed by atoms with Crippen molar-refractivity contribution < 1.29 is 9.53 Å². The highest BCUT2D eigenvalue weighted by atomic mass is 16.5. The lowest BCUT2D eigenvalue weighted by molar-refractivity contribution is -0.129. The van der Waals surface area contributed by atoms with Crippen LogP contribution >= 0.6 is 0 Å². The standard InChI is InChI=1S/C20H18N4O2/c21-11-19-14-9-5-2-6-10-15(14)26-16(13-7-3-1-4-8-13)20(19,12-22)17(23)24-18(19)25/h1,3-4,7-8,16H,2,5-6,9-10H2,(H2,23,24,25). The van der Waals surface area contributed by atoms with E-state index in [0.717, 1.165) is 19.3 Å². The van der Waals surface area contributed by atoms with Gasteiger partial charge in [-0.3, -0.25) is 10.2 Å². The molecule has 2 aliphatic heterocycles. The van der Waals surface area contributed by atoms with Crippen molar-refractivity contribution in [2.24, 2.45) is 10.8 Å². The largest absolute Gasteiger partial charge is 0.488 e. The van der Waals surface area contributed by atoms with Gasteiger partial charge in [-0.15, -0.1) is 0 Å². The number of amides is 1. The molecule has 6 heteroatoms. The average Bonchev–Trinajstić information content (AvgIpc) is 2.82. The molecule has 1 aliphatic carbocycles. The summed E-state index contributed by atoms with van der Waals surface area (Å²) in [6.07, 6.45) is 3.03. The molecule has 1 saturated heterocycles. The number of hydrogen-bond acceptors (Lipinski definition) is 5. The maximum atomic E-state index is 13.0. The third-order valence-corrected chi connectivity index (χ3v) is 5.78. The Morgan fingerprint density at radius 3 is 2.54 bits per heavy atom. The first-order chi connectivity index (χ1) is 12.6. The molecular weight excluding hydrogens is 328 g/mol. The van der Waals surface area contributed by atoms with E-state index >= 15 is 0 Å². The monoisotopic (exact) mass is 346 g/mol. The zero-order chi connectivity index (χ0) is 18.4. The molecule has 3 unspecified atom stereocenters. The molecule has 3 aliphatic rings. The highest BCUT2D eigenvalue weighted by Gasteiger charge is 2.74. The molecule has 0 radical (unpaired) electrons. The number of ether oxygens (including phenoxy) is 1. The third-order valence-electron chi connectivity index (χ3n) is 5.78. The van der Waals surface area contributed by atoms with Gasteiger partial charge >= 0.3 is 0 Å². The van der Waals surface area contributed by atoms with Crippen molar-refractivity contribution in [3.05, 3.63) is 47.2 Å². The van der Waals surface area contributed by atoms with Gasteiger partial charge in [0.25, 0.3) is 5.91 Å². The number of amidine groups is 1. The third kappa shape index (κ3) is 1.79. The van der Waals surface area contributed by atoms with Gasteiger partial charge in [-0.05, 0) is 30.4 Å². The minimum absolute atomic E-state index is 0.254. The molecule has 1 aromatic carbocycles. The molecule has 2 heterocycles. The number of carbonyl (C=O) groups is 1. The van der Waals surface area contributed by atoms with Gasteiger partial charge in [-0.1, -0.05) is 36.8 Å². The van der Waals surface area contributed by atoms with Crippen molar-refractivity contribution >= 4 is 11.7 Å². The number of rotatable bonds is 1. The van der Waals surface area contributed by atoms with E-state index < -0.39 is 22.8 Å². The number of hydrogen-bond donors (Lipinski definition) is 2. The molecule has 2 N–H and O–H groups in total. The minimum atomic E-state index is -1.71. The van der Waals surface area contributed by atoms with Gasteiger partial charge in [0.05, 0.1) is 17.9 Å². The average molecular weight is 346 g/mol. The van der Waals surface area contributed by atoms with Crippen LogP contribution in [0.15, 0.2) is 41.7 Å². The van der Waals surface area contributed by atoms with Gasteiger partial charge < -0.3 is 10.1 Å². The molecule has 0 saturated carbocycles.